The van der Waals surface area contributed by atoms with Crippen LogP contribution in [0, 0.1) is 5.82 Å². The zero-order chi connectivity index (χ0) is 17.9. The monoisotopic (exact) mass is 377 g/mol. The van der Waals surface area contributed by atoms with Gasteiger partial charge in [0, 0.05) is 5.56 Å². The minimum Gasteiger partial charge on any atom is -0.240 e. The van der Waals surface area contributed by atoms with E-state index in [9.17, 15) is 12.8 Å². The zero-order valence-electron chi connectivity index (χ0n) is 12.9. The summed E-state index contributed by atoms with van der Waals surface area (Å²) in [4.78, 5) is 8.14. The van der Waals surface area contributed by atoms with E-state index in [0.29, 0.717) is 11.4 Å². The molecule has 3 aromatic rings. The van der Waals surface area contributed by atoms with Crippen molar-refractivity contribution in [1.29, 1.82) is 0 Å². The normalized spacial score (nSPS) is 11.4. The molecule has 0 fully saturated rings. The molecule has 5 nitrogen and oxygen atoms in total. The molecule has 0 aliphatic heterocycles. The van der Waals surface area contributed by atoms with Crippen LogP contribution in [0.1, 0.15) is 5.69 Å². The number of rotatable bonds is 5. The molecule has 0 aliphatic rings. The third-order valence-corrected chi connectivity index (χ3v) is 5.13. The lowest BCUT2D eigenvalue weighted by molar-refractivity contribution is 0.579. The van der Waals surface area contributed by atoms with E-state index in [1.54, 1.807) is 6.07 Å². The number of nitrogens with zero attached hydrogens (tertiary/aromatic N) is 2. The molecule has 0 unspecified atom stereocenters. The van der Waals surface area contributed by atoms with Crippen LogP contribution in [0.3, 0.4) is 0 Å². The molecule has 0 atom stereocenters. The van der Waals surface area contributed by atoms with E-state index in [2.05, 4.69) is 14.7 Å². The number of sulfonamides is 1. The molecular weight excluding hydrogens is 365 g/mol. The molecule has 0 spiro atoms. The highest BCUT2D eigenvalue weighted by Gasteiger charge is 2.16. The van der Waals surface area contributed by atoms with E-state index in [-0.39, 0.29) is 16.5 Å². The maximum absolute atomic E-state index is 13.2. The van der Waals surface area contributed by atoms with E-state index in [4.69, 9.17) is 11.6 Å². The van der Waals surface area contributed by atoms with Crippen molar-refractivity contribution in [1.82, 2.24) is 14.7 Å². The Morgan fingerprint density at radius 1 is 1.04 bits per heavy atom. The van der Waals surface area contributed by atoms with Crippen molar-refractivity contribution in [2.75, 3.05) is 0 Å². The van der Waals surface area contributed by atoms with Gasteiger partial charge in [0.2, 0.25) is 10.0 Å². The average Bonchev–Trinajstić information content (AvgIpc) is 2.63. The summed E-state index contributed by atoms with van der Waals surface area (Å²) in [6.45, 7) is -0.0281. The fourth-order valence-electron chi connectivity index (χ4n) is 2.16. The third kappa shape index (κ3) is 4.19. The van der Waals surface area contributed by atoms with Crippen LogP contribution in [-0.2, 0) is 16.6 Å². The predicted molar refractivity (Wildman–Crippen MR) is 92.9 cm³/mol. The Hall–Kier alpha value is -2.35. The summed E-state index contributed by atoms with van der Waals surface area (Å²) < 4.78 is 40.2. The Labute approximate surface area is 149 Å². The minimum atomic E-state index is -3.84. The Balaban J connectivity index is 1.78. The molecule has 3 rings (SSSR count). The summed E-state index contributed by atoms with van der Waals surface area (Å²) >= 11 is 5.64. The van der Waals surface area contributed by atoms with E-state index in [1.165, 1.54) is 6.33 Å². The molecule has 25 heavy (non-hydrogen) atoms. The molecule has 128 valence electrons. The molecule has 0 saturated heterocycles. The first kappa shape index (κ1) is 17.5. The number of nitrogens with one attached hydrogen (secondary N) is 1. The van der Waals surface area contributed by atoms with E-state index in [1.807, 2.05) is 30.3 Å². The highest BCUT2D eigenvalue weighted by molar-refractivity contribution is 7.89. The van der Waals surface area contributed by atoms with Crippen molar-refractivity contribution in [2.24, 2.45) is 0 Å². The van der Waals surface area contributed by atoms with Crippen LogP contribution in [0.15, 0.2) is 65.8 Å². The van der Waals surface area contributed by atoms with Gasteiger partial charge in [0.1, 0.15) is 12.1 Å². The summed E-state index contributed by atoms with van der Waals surface area (Å²) in [5, 5.41) is -0.253. The summed E-state index contributed by atoms with van der Waals surface area (Å²) in [5.74, 6) is -0.677. The predicted octanol–water partition coefficient (Wildman–Crippen LogP) is 3.41. The summed E-state index contributed by atoms with van der Waals surface area (Å²) in [6, 6.07) is 14.4. The van der Waals surface area contributed by atoms with Gasteiger partial charge in [-0.25, -0.2) is 27.5 Å². The summed E-state index contributed by atoms with van der Waals surface area (Å²) in [5.41, 5.74) is 2.10. The highest BCUT2D eigenvalue weighted by Crippen LogP contribution is 2.20. The first-order valence-corrected chi connectivity index (χ1v) is 9.13. The lowest BCUT2D eigenvalue weighted by Crippen LogP contribution is -2.23. The van der Waals surface area contributed by atoms with Gasteiger partial charge in [-0.2, -0.15) is 0 Å². The maximum Gasteiger partial charge on any atom is 0.240 e. The lowest BCUT2D eigenvalue weighted by atomic mass is 10.1. The van der Waals surface area contributed by atoms with Gasteiger partial charge in [0.05, 0.1) is 27.9 Å². The number of halogens is 2. The molecule has 8 heteroatoms. The highest BCUT2D eigenvalue weighted by atomic mass is 35.5. The largest absolute Gasteiger partial charge is 0.240 e. The zero-order valence-corrected chi connectivity index (χ0v) is 14.4. The third-order valence-electron chi connectivity index (χ3n) is 3.44. The van der Waals surface area contributed by atoms with Crippen LogP contribution in [0.4, 0.5) is 4.39 Å². The van der Waals surface area contributed by atoms with E-state index in [0.717, 1.165) is 23.8 Å². The van der Waals surface area contributed by atoms with Gasteiger partial charge >= 0.3 is 0 Å². The number of aromatic nitrogens is 2. The van der Waals surface area contributed by atoms with Gasteiger partial charge in [-0.05, 0) is 24.3 Å². The Bertz CT molecular complexity index is 998. The molecule has 0 amide bonds. The number of hydrogen-bond donors (Lipinski definition) is 1. The van der Waals surface area contributed by atoms with Gasteiger partial charge in [-0.1, -0.05) is 41.9 Å². The standard InChI is InChI=1S/C17H13ClFN3O2S/c18-15-9-14(6-7-16(15)19)25(23,24)22-10-13-8-17(21-11-20-13)12-4-2-1-3-5-12/h1-9,11,22H,10H2. The number of hydrogen-bond acceptors (Lipinski definition) is 4. The van der Waals surface area contributed by atoms with Gasteiger partial charge in [0.25, 0.3) is 0 Å². The molecule has 0 radical (unpaired) electrons. The molecular formula is C17H13ClFN3O2S. The summed E-state index contributed by atoms with van der Waals surface area (Å²) in [7, 11) is -3.84. The molecule has 0 saturated carbocycles. The van der Waals surface area contributed by atoms with E-state index >= 15 is 0 Å². The van der Waals surface area contributed by atoms with Gasteiger partial charge < -0.3 is 0 Å². The fourth-order valence-corrected chi connectivity index (χ4v) is 3.43. The second kappa shape index (κ2) is 7.26. The van der Waals surface area contributed by atoms with Crippen LogP contribution < -0.4 is 4.72 Å². The van der Waals surface area contributed by atoms with Gasteiger partial charge in [-0.15, -0.1) is 0 Å². The van der Waals surface area contributed by atoms with E-state index < -0.39 is 15.8 Å². The van der Waals surface area contributed by atoms with Crippen molar-refractivity contribution < 1.29 is 12.8 Å². The van der Waals surface area contributed by atoms with Crippen molar-refractivity contribution in [3.63, 3.8) is 0 Å². The molecule has 2 aromatic carbocycles. The SMILES string of the molecule is O=S(=O)(NCc1cc(-c2ccccc2)ncn1)c1ccc(F)c(Cl)c1. The van der Waals surface area contributed by atoms with Crippen LogP contribution in [0.2, 0.25) is 5.02 Å². The minimum absolute atomic E-state index is 0.0281. The van der Waals surface area contributed by atoms with Crippen LogP contribution in [0.25, 0.3) is 11.3 Å². The number of benzene rings is 2. The molecule has 0 bridgehead atoms. The van der Waals surface area contributed by atoms with Crippen LogP contribution >= 0.6 is 11.6 Å². The van der Waals surface area contributed by atoms with Gasteiger partial charge in [0.15, 0.2) is 0 Å². The molecule has 1 N–H and O–H groups in total. The van der Waals surface area contributed by atoms with Crippen molar-refractivity contribution in [3.8, 4) is 11.3 Å². The smallest absolute Gasteiger partial charge is 0.240 e. The Morgan fingerprint density at radius 3 is 2.52 bits per heavy atom. The average molecular weight is 378 g/mol. The Kier molecular flexibility index (Phi) is 5.08. The Morgan fingerprint density at radius 2 is 1.80 bits per heavy atom. The van der Waals surface area contributed by atoms with Crippen molar-refractivity contribution in [2.45, 2.75) is 11.4 Å². The van der Waals surface area contributed by atoms with Crippen molar-refractivity contribution >= 4 is 21.6 Å². The first-order chi connectivity index (χ1) is 12.0. The fraction of sp³-hybridized carbons (Fsp3) is 0.0588. The summed E-state index contributed by atoms with van der Waals surface area (Å²) in [6.07, 6.45) is 1.38. The molecule has 0 aliphatic carbocycles. The van der Waals surface area contributed by atoms with Gasteiger partial charge in [-0.3, -0.25) is 0 Å². The molecule has 1 aromatic heterocycles. The second-order valence-corrected chi connectivity index (χ2v) is 7.34. The van der Waals surface area contributed by atoms with Crippen molar-refractivity contribution in [3.05, 3.63) is 77.5 Å². The van der Waals surface area contributed by atoms with Crippen LogP contribution in [0.5, 0.6) is 0 Å². The first-order valence-electron chi connectivity index (χ1n) is 7.27. The second-order valence-electron chi connectivity index (χ2n) is 5.16. The van der Waals surface area contributed by atoms with Crippen LogP contribution in [-0.4, -0.2) is 18.4 Å². The topological polar surface area (TPSA) is 72.0 Å². The quantitative estimate of drug-likeness (QED) is 0.739. The maximum atomic E-state index is 13.2. The molecule has 1 heterocycles. The lowest BCUT2D eigenvalue weighted by Gasteiger charge is -2.08.